The van der Waals surface area contributed by atoms with Gasteiger partial charge in [-0.15, -0.1) is 10.8 Å². The maximum absolute atomic E-state index is 9.69. The molecule has 0 amide bonds. The Morgan fingerprint density at radius 1 is 1.40 bits per heavy atom. The minimum Gasteiger partial charge on any atom is -0.319 e. The van der Waals surface area contributed by atoms with Gasteiger partial charge in [-0.3, -0.25) is 8.74 Å². The van der Waals surface area contributed by atoms with E-state index in [0.29, 0.717) is 4.90 Å². The fourth-order valence-corrected chi connectivity index (χ4v) is 1.94. The highest BCUT2D eigenvalue weighted by molar-refractivity contribution is 8.23. The second kappa shape index (κ2) is 5.48. The smallest absolute Gasteiger partial charge is 0.0749 e. The molecule has 0 radical (unpaired) electrons. The lowest BCUT2D eigenvalue weighted by molar-refractivity contribution is 0.396. The molecule has 0 aliphatic heterocycles. The van der Waals surface area contributed by atoms with Crippen LogP contribution in [0.4, 0.5) is 0 Å². The first-order valence-corrected chi connectivity index (χ1v) is 6.30. The van der Waals surface area contributed by atoms with Crippen LogP contribution in [0.5, 0.6) is 0 Å². The molecule has 15 heavy (non-hydrogen) atoms. The Labute approximate surface area is 92.3 Å². The Hall–Kier alpha value is -0.590. The topological polar surface area (TPSA) is 67.5 Å². The highest BCUT2D eigenvalue weighted by Gasteiger charge is 2.11. The molecule has 1 aromatic carbocycles. The van der Waals surface area contributed by atoms with E-state index in [9.17, 15) is 4.55 Å². The average Bonchev–Trinajstić information content (AvgIpc) is 2.27. The molecule has 0 bridgehead atoms. The van der Waals surface area contributed by atoms with Crippen molar-refractivity contribution >= 4 is 10.8 Å². The molecule has 0 aliphatic carbocycles. The zero-order chi connectivity index (χ0) is 11.3. The summed E-state index contributed by atoms with van der Waals surface area (Å²) < 4.78 is 14.5. The van der Waals surface area contributed by atoms with Gasteiger partial charge >= 0.3 is 0 Å². The van der Waals surface area contributed by atoms with Crippen LogP contribution >= 0.6 is 10.8 Å². The van der Waals surface area contributed by atoms with Crippen molar-refractivity contribution in [3.63, 3.8) is 0 Å². The first kappa shape index (κ1) is 12.5. The summed E-state index contributed by atoms with van der Waals surface area (Å²) in [6.07, 6.45) is 0.960. The molecule has 86 valence electrons. The summed E-state index contributed by atoms with van der Waals surface area (Å²) >= 11 is 0. The SMILES string of the molecule is CNCCc1ccc(S(N)(O)OC)cc1. The van der Waals surface area contributed by atoms with Gasteiger partial charge in [-0.2, -0.15) is 0 Å². The lowest BCUT2D eigenvalue weighted by Crippen LogP contribution is -2.12. The van der Waals surface area contributed by atoms with Crippen molar-refractivity contribution in [1.29, 1.82) is 0 Å². The van der Waals surface area contributed by atoms with E-state index in [-0.39, 0.29) is 0 Å². The van der Waals surface area contributed by atoms with Gasteiger partial charge in [0, 0.05) is 0 Å². The molecule has 0 saturated heterocycles. The molecule has 0 saturated carbocycles. The summed E-state index contributed by atoms with van der Waals surface area (Å²) in [5, 5.41) is 8.67. The van der Waals surface area contributed by atoms with E-state index in [1.807, 2.05) is 31.3 Å². The van der Waals surface area contributed by atoms with Crippen LogP contribution in [-0.2, 0) is 10.6 Å². The van der Waals surface area contributed by atoms with Crippen molar-refractivity contribution in [2.75, 3.05) is 20.7 Å². The summed E-state index contributed by atoms with van der Waals surface area (Å²) in [6.45, 7) is 0.934. The summed E-state index contributed by atoms with van der Waals surface area (Å²) in [6, 6.07) is 7.53. The third kappa shape index (κ3) is 3.48. The molecule has 0 spiro atoms. The van der Waals surface area contributed by atoms with E-state index in [4.69, 9.17) is 9.32 Å². The van der Waals surface area contributed by atoms with E-state index in [1.54, 1.807) is 0 Å². The normalized spacial score (nSPS) is 17.1. The monoisotopic (exact) mass is 230 g/mol. The number of nitrogens with one attached hydrogen (secondary N) is 1. The summed E-state index contributed by atoms with van der Waals surface area (Å²) in [5.74, 6) is 0. The molecule has 0 heterocycles. The molecule has 4 nitrogen and oxygen atoms in total. The van der Waals surface area contributed by atoms with Gasteiger partial charge in [-0.25, -0.2) is 5.14 Å². The third-order valence-electron chi connectivity index (χ3n) is 2.18. The predicted octanol–water partition coefficient (Wildman–Crippen LogP) is 1.52. The highest BCUT2D eigenvalue weighted by atomic mass is 32.3. The van der Waals surface area contributed by atoms with Gasteiger partial charge in [-0.05, 0) is 37.7 Å². The third-order valence-corrected chi connectivity index (χ3v) is 3.63. The Kier molecular flexibility index (Phi) is 4.56. The Morgan fingerprint density at radius 2 is 2.00 bits per heavy atom. The van der Waals surface area contributed by atoms with Gasteiger partial charge in [0.05, 0.1) is 12.0 Å². The molecule has 1 atom stereocenters. The minimum atomic E-state index is -2.55. The van der Waals surface area contributed by atoms with Crippen LogP contribution in [0.15, 0.2) is 29.2 Å². The lowest BCUT2D eigenvalue weighted by atomic mass is 10.1. The summed E-state index contributed by atoms with van der Waals surface area (Å²) in [4.78, 5) is 0.637. The first-order valence-electron chi connectivity index (χ1n) is 4.73. The number of hydrogen-bond acceptors (Lipinski definition) is 4. The van der Waals surface area contributed by atoms with Crippen LogP contribution < -0.4 is 10.5 Å². The number of benzene rings is 1. The van der Waals surface area contributed by atoms with Crippen LogP contribution in [0.25, 0.3) is 0 Å². The largest absolute Gasteiger partial charge is 0.319 e. The fraction of sp³-hybridized carbons (Fsp3) is 0.400. The molecule has 4 N–H and O–H groups in total. The van der Waals surface area contributed by atoms with Crippen molar-refractivity contribution < 1.29 is 8.74 Å². The van der Waals surface area contributed by atoms with E-state index >= 15 is 0 Å². The Bertz CT molecular complexity index is 301. The van der Waals surface area contributed by atoms with Crippen molar-refractivity contribution in [3.05, 3.63) is 29.8 Å². The van der Waals surface area contributed by atoms with E-state index < -0.39 is 10.8 Å². The second-order valence-electron chi connectivity index (χ2n) is 3.23. The van der Waals surface area contributed by atoms with Gasteiger partial charge in [0.15, 0.2) is 0 Å². The molecule has 1 aromatic rings. The van der Waals surface area contributed by atoms with Gasteiger partial charge < -0.3 is 5.32 Å². The Balaban J connectivity index is 2.72. The van der Waals surface area contributed by atoms with Crippen LogP contribution in [0, 0.1) is 0 Å². The number of rotatable bonds is 5. The summed E-state index contributed by atoms with van der Waals surface area (Å²) in [7, 11) is 0.775. The molecule has 0 aromatic heterocycles. The Morgan fingerprint density at radius 3 is 2.47 bits per heavy atom. The zero-order valence-electron chi connectivity index (χ0n) is 9.06. The average molecular weight is 230 g/mol. The molecule has 1 unspecified atom stereocenters. The van der Waals surface area contributed by atoms with E-state index in [1.165, 1.54) is 12.7 Å². The van der Waals surface area contributed by atoms with E-state index in [2.05, 4.69) is 5.32 Å². The lowest BCUT2D eigenvalue weighted by Gasteiger charge is -2.31. The van der Waals surface area contributed by atoms with Crippen LogP contribution in [-0.4, -0.2) is 25.3 Å². The predicted molar refractivity (Wildman–Crippen MR) is 63.8 cm³/mol. The van der Waals surface area contributed by atoms with Gasteiger partial charge in [0.2, 0.25) is 0 Å². The maximum Gasteiger partial charge on any atom is 0.0749 e. The van der Waals surface area contributed by atoms with Crippen molar-refractivity contribution in [1.82, 2.24) is 5.32 Å². The van der Waals surface area contributed by atoms with Gasteiger partial charge in [0.25, 0.3) is 0 Å². The molecular weight excluding hydrogens is 212 g/mol. The van der Waals surface area contributed by atoms with E-state index in [0.717, 1.165) is 13.0 Å². The molecule has 0 aliphatic rings. The molecular formula is C10H18N2O2S. The van der Waals surface area contributed by atoms with Crippen LogP contribution in [0.2, 0.25) is 0 Å². The second-order valence-corrected chi connectivity index (χ2v) is 5.17. The molecule has 1 rings (SSSR count). The van der Waals surface area contributed by atoms with Crippen molar-refractivity contribution in [2.24, 2.45) is 5.14 Å². The maximum atomic E-state index is 9.69. The van der Waals surface area contributed by atoms with Gasteiger partial charge in [-0.1, -0.05) is 12.1 Å². The van der Waals surface area contributed by atoms with Crippen LogP contribution in [0.1, 0.15) is 5.56 Å². The number of hydrogen-bond donors (Lipinski definition) is 3. The first-order chi connectivity index (χ1) is 7.10. The zero-order valence-corrected chi connectivity index (χ0v) is 9.88. The summed E-state index contributed by atoms with van der Waals surface area (Å²) in [5.41, 5.74) is 1.21. The quantitative estimate of drug-likeness (QED) is 0.717. The van der Waals surface area contributed by atoms with Crippen LogP contribution in [0.3, 0.4) is 0 Å². The minimum absolute atomic E-state index is 0.637. The standard InChI is InChI=1S/C10H18N2O2S/c1-12-8-7-9-3-5-10(6-4-9)15(11,13)14-2/h3-6,12-13H,7-8,11H2,1-2H3. The fourth-order valence-electron chi connectivity index (χ4n) is 1.22. The number of likely N-dealkylation sites (N-methyl/N-ethyl adjacent to an activating group) is 1. The number of nitrogens with two attached hydrogens (primary N) is 1. The molecule has 0 fully saturated rings. The van der Waals surface area contributed by atoms with Crippen molar-refractivity contribution in [2.45, 2.75) is 11.3 Å². The van der Waals surface area contributed by atoms with Crippen molar-refractivity contribution in [3.8, 4) is 0 Å². The molecule has 5 heteroatoms. The highest BCUT2D eigenvalue weighted by Crippen LogP contribution is 2.44. The van der Waals surface area contributed by atoms with Gasteiger partial charge in [0.1, 0.15) is 0 Å².